The van der Waals surface area contributed by atoms with Gasteiger partial charge in [-0.2, -0.15) is 0 Å². The summed E-state index contributed by atoms with van der Waals surface area (Å²) in [6.07, 6.45) is 5.05. The zero-order valence-corrected chi connectivity index (χ0v) is 15.7. The highest BCUT2D eigenvalue weighted by atomic mass is 16.2. The number of likely N-dealkylation sites (tertiary alicyclic amines) is 2. The Morgan fingerprint density at radius 1 is 0.957 bits per heavy atom. The van der Waals surface area contributed by atoms with Crippen LogP contribution >= 0.6 is 0 Å². The maximum Gasteiger partial charge on any atom is 0.225 e. The molecule has 0 aliphatic carbocycles. The van der Waals surface area contributed by atoms with Crippen molar-refractivity contribution in [1.82, 2.24) is 15.1 Å². The van der Waals surface area contributed by atoms with Crippen LogP contribution in [0.5, 0.6) is 0 Å². The highest BCUT2D eigenvalue weighted by Crippen LogP contribution is 2.23. The molecule has 2 fully saturated rings. The molecule has 134 valence electrons. The number of nitrogens with one attached hydrogen (secondary N) is 1. The van der Waals surface area contributed by atoms with Gasteiger partial charge in [-0.1, -0.05) is 27.7 Å². The normalized spacial score (nSPS) is 22.3. The highest BCUT2D eigenvalue weighted by molar-refractivity contribution is 5.78. The van der Waals surface area contributed by atoms with E-state index in [-0.39, 0.29) is 5.92 Å². The lowest BCUT2D eigenvalue weighted by Crippen LogP contribution is -2.45. The minimum Gasteiger partial charge on any atom is -0.342 e. The minimum absolute atomic E-state index is 0.144. The fourth-order valence-corrected chi connectivity index (χ4v) is 3.84. The van der Waals surface area contributed by atoms with Gasteiger partial charge in [0.05, 0.1) is 0 Å². The van der Waals surface area contributed by atoms with E-state index in [4.69, 9.17) is 0 Å². The summed E-state index contributed by atoms with van der Waals surface area (Å²) in [5.41, 5.74) is 0. The van der Waals surface area contributed by atoms with Crippen LogP contribution in [0.1, 0.15) is 53.4 Å². The van der Waals surface area contributed by atoms with Crippen LogP contribution in [0.15, 0.2) is 0 Å². The van der Waals surface area contributed by atoms with E-state index in [1.165, 1.54) is 51.9 Å². The molecule has 2 rings (SSSR count). The molecule has 2 aliphatic rings. The number of nitrogens with zero attached hydrogens (tertiary/aromatic N) is 2. The third kappa shape index (κ3) is 6.07. The van der Waals surface area contributed by atoms with Gasteiger partial charge in [0.1, 0.15) is 0 Å². The molecule has 0 aromatic carbocycles. The van der Waals surface area contributed by atoms with Crippen molar-refractivity contribution >= 4 is 5.91 Å². The summed E-state index contributed by atoms with van der Waals surface area (Å²) in [4.78, 5) is 16.8. The van der Waals surface area contributed by atoms with Crippen LogP contribution < -0.4 is 5.32 Å². The number of carbonyl (C=O) groups is 1. The third-order valence-corrected chi connectivity index (χ3v) is 5.46. The number of carbonyl (C=O) groups excluding carboxylic acids is 1. The van der Waals surface area contributed by atoms with Gasteiger partial charge in [0, 0.05) is 31.6 Å². The Kier molecular flexibility index (Phi) is 7.35. The summed E-state index contributed by atoms with van der Waals surface area (Å²) in [5.74, 6) is 2.13. The van der Waals surface area contributed by atoms with Gasteiger partial charge in [-0.3, -0.25) is 4.79 Å². The fraction of sp³-hybridized carbons (Fsp3) is 0.947. The predicted molar refractivity (Wildman–Crippen MR) is 96.4 cm³/mol. The Morgan fingerprint density at radius 3 is 2.04 bits per heavy atom. The van der Waals surface area contributed by atoms with E-state index in [1.54, 1.807) is 0 Å². The molecule has 0 aromatic rings. The van der Waals surface area contributed by atoms with Gasteiger partial charge in [0.2, 0.25) is 5.91 Å². The average molecular weight is 324 g/mol. The van der Waals surface area contributed by atoms with Gasteiger partial charge in [-0.05, 0) is 57.2 Å². The number of piperidine rings is 2. The Morgan fingerprint density at radius 2 is 1.52 bits per heavy atom. The van der Waals surface area contributed by atoms with Crippen LogP contribution in [-0.4, -0.2) is 61.0 Å². The van der Waals surface area contributed by atoms with Crippen molar-refractivity contribution in [3.63, 3.8) is 0 Å². The van der Waals surface area contributed by atoms with Crippen molar-refractivity contribution in [3.05, 3.63) is 0 Å². The summed E-state index contributed by atoms with van der Waals surface area (Å²) in [5, 5.41) is 3.58. The number of hydrogen-bond acceptors (Lipinski definition) is 3. The molecule has 2 heterocycles. The Balaban J connectivity index is 1.63. The van der Waals surface area contributed by atoms with Crippen LogP contribution in [0, 0.1) is 17.8 Å². The van der Waals surface area contributed by atoms with Gasteiger partial charge in [-0.25, -0.2) is 0 Å². The largest absolute Gasteiger partial charge is 0.342 e. The first kappa shape index (κ1) is 18.7. The quantitative estimate of drug-likeness (QED) is 0.816. The summed E-state index contributed by atoms with van der Waals surface area (Å²) in [7, 11) is 0. The maximum atomic E-state index is 12.0. The lowest BCUT2D eigenvalue weighted by atomic mass is 9.92. The van der Waals surface area contributed by atoms with Crippen LogP contribution in [0.4, 0.5) is 0 Å². The van der Waals surface area contributed by atoms with Crippen LogP contribution in [0.3, 0.4) is 0 Å². The van der Waals surface area contributed by atoms with E-state index in [1.807, 2.05) is 13.8 Å². The molecule has 0 unspecified atom stereocenters. The predicted octanol–water partition coefficient (Wildman–Crippen LogP) is 2.59. The molecule has 0 saturated carbocycles. The van der Waals surface area contributed by atoms with Crippen molar-refractivity contribution in [3.8, 4) is 0 Å². The SMILES string of the molecule is CC(C)NCC1CCN(CC2CCN(C(=O)C(C)C)CC2)CC1. The Hall–Kier alpha value is -0.610. The van der Waals surface area contributed by atoms with E-state index in [0.29, 0.717) is 11.9 Å². The molecule has 0 atom stereocenters. The standard InChI is InChI=1S/C19H37N3O/c1-15(2)19(23)22-11-7-18(8-12-22)14-21-9-5-17(6-10-21)13-20-16(3)4/h15-18,20H,5-14H2,1-4H3. The van der Waals surface area contributed by atoms with E-state index in [9.17, 15) is 4.79 Å². The molecule has 2 saturated heterocycles. The minimum atomic E-state index is 0.144. The summed E-state index contributed by atoms with van der Waals surface area (Å²) < 4.78 is 0. The van der Waals surface area contributed by atoms with Gasteiger partial charge in [0.15, 0.2) is 0 Å². The van der Waals surface area contributed by atoms with E-state index in [0.717, 1.165) is 24.9 Å². The first-order valence-corrected chi connectivity index (χ1v) is 9.70. The topological polar surface area (TPSA) is 35.6 Å². The first-order chi connectivity index (χ1) is 11.0. The van der Waals surface area contributed by atoms with Gasteiger partial charge >= 0.3 is 0 Å². The lowest BCUT2D eigenvalue weighted by molar-refractivity contribution is -0.135. The smallest absolute Gasteiger partial charge is 0.225 e. The third-order valence-electron chi connectivity index (χ3n) is 5.46. The molecule has 2 aliphatic heterocycles. The van der Waals surface area contributed by atoms with Crippen molar-refractivity contribution < 1.29 is 4.79 Å². The van der Waals surface area contributed by atoms with Crippen molar-refractivity contribution in [2.24, 2.45) is 17.8 Å². The van der Waals surface area contributed by atoms with Crippen molar-refractivity contribution in [2.75, 3.05) is 39.3 Å². The number of hydrogen-bond donors (Lipinski definition) is 1. The summed E-state index contributed by atoms with van der Waals surface area (Å²) in [6, 6.07) is 0.603. The molecular weight excluding hydrogens is 286 g/mol. The molecule has 1 amide bonds. The average Bonchev–Trinajstić information content (AvgIpc) is 2.54. The second-order valence-electron chi connectivity index (χ2n) is 8.23. The van der Waals surface area contributed by atoms with E-state index < -0.39 is 0 Å². The van der Waals surface area contributed by atoms with Gasteiger partial charge < -0.3 is 15.1 Å². The van der Waals surface area contributed by atoms with Crippen LogP contribution in [0.2, 0.25) is 0 Å². The van der Waals surface area contributed by atoms with Crippen LogP contribution in [0.25, 0.3) is 0 Å². The molecule has 1 N–H and O–H groups in total. The molecule has 0 aromatic heterocycles. The highest BCUT2D eigenvalue weighted by Gasteiger charge is 2.27. The monoisotopic (exact) mass is 323 g/mol. The second-order valence-corrected chi connectivity index (χ2v) is 8.23. The second kappa shape index (κ2) is 9.03. The first-order valence-electron chi connectivity index (χ1n) is 9.70. The maximum absolute atomic E-state index is 12.0. The number of amides is 1. The Labute approximate surface area is 143 Å². The van der Waals surface area contributed by atoms with E-state index in [2.05, 4.69) is 29.0 Å². The molecular formula is C19H37N3O. The summed E-state index contributed by atoms with van der Waals surface area (Å²) in [6.45, 7) is 15.4. The van der Waals surface area contributed by atoms with Crippen molar-refractivity contribution in [2.45, 2.75) is 59.4 Å². The van der Waals surface area contributed by atoms with E-state index >= 15 is 0 Å². The fourth-order valence-electron chi connectivity index (χ4n) is 3.84. The molecule has 0 bridgehead atoms. The summed E-state index contributed by atoms with van der Waals surface area (Å²) >= 11 is 0. The molecule has 23 heavy (non-hydrogen) atoms. The number of rotatable bonds is 6. The van der Waals surface area contributed by atoms with Crippen LogP contribution in [-0.2, 0) is 4.79 Å². The van der Waals surface area contributed by atoms with Crippen molar-refractivity contribution in [1.29, 1.82) is 0 Å². The zero-order valence-electron chi connectivity index (χ0n) is 15.7. The zero-order chi connectivity index (χ0) is 16.8. The molecule has 4 nitrogen and oxygen atoms in total. The van der Waals surface area contributed by atoms with Gasteiger partial charge in [0.25, 0.3) is 0 Å². The molecule has 0 spiro atoms. The molecule has 4 heteroatoms. The van der Waals surface area contributed by atoms with Gasteiger partial charge in [-0.15, -0.1) is 0 Å². The Bertz CT molecular complexity index is 354. The molecule has 0 radical (unpaired) electrons. The lowest BCUT2D eigenvalue weighted by Gasteiger charge is -2.38.